The van der Waals surface area contributed by atoms with E-state index in [4.69, 9.17) is 10.5 Å². The van der Waals surface area contributed by atoms with Crippen molar-refractivity contribution in [3.05, 3.63) is 64.7 Å². The molecule has 1 saturated heterocycles. The van der Waals surface area contributed by atoms with Crippen LogP contribution in [-0.4, -0.2) is 30.4 Å². The fraction of sp³-hybridized carbons (Fsp3) is 0.500. The summed E-state index contributed by atoms with van der Waals surface area (Å²) < 4.78 is 6.53. The maximum atomic E-state index is 11.0. The molecule has 2 aliphatic rings. The number of rotatable bonds is 8. The third-order valence-corrected chi connectivity index (χ3v) is 6.66. The smallest absolute Gasteiger partial charge is 0.217 e. The second kappa shape index (κ2) is 10.1. The number of nitrogens with zero attached hydrogens (tertiary/aromatic N) is 1. The highest BCUT2D eigenvalue weighted by atomic mass is 16.5. The normalized spacial score (nSPS) is 17.5. The van der Waals surface area contributed by atoms with Gasteiger partial charge in [-0.1, -0.05) is 42.5 Å². The number of hydrogen-bond donors (Lipinski definition) is 1. The predicted octanol–water partition coefficient (Wildman–Crippen LogP) is 4.59. The molecular weight excluding hydrogens is 372 g/mol. The molecule has 1 amide bonds. The average Bonchev–Trinajstić information content (AvgIpc) is 2.78. The summed E-state index contributed by atoms with van der Waals surface area (Å²) in [5.74, 6) is 1.53. The van der Waals surface area contributed by atoms with Crippen LogP contribution in [0.15, 0.2) is 42.5 Å². The van der Waals surface area contributed by atoms with Crippen LogP contribution in [0.4, 0.5) is 0 Å². The number of fused-ring (bicyclic) bond motifs is 1. The number of primary amides is 1. The Morgan fingerprint density at radius 2 is 1.80 bits per heavy atom. The van der Waals surface area contributed by atoms with E-state index >= 15 is 0 Å². The molecule has 1 heterocycles. The minimum Gasteiger partial charge on any atom is -0.488 e. The SMILES string of the molecule is NC(=O)CCCN1CCC(c2ccc3c(c2OCc2ccccc2)CCCC3)CC1. The number of aryl methyl sites for hydroxylation is 1. The molecule has 0 saturated carbocycles. The van der Waals surface area contributed by atoms with Crippen molar-refractivity contribution in [3.8, 4) is 5.75 Å². The van der Waals surface area contributed by atoms with Gasteiger partial charge in [0.2, 0.25) is 5.91 Å². The summed E-state index contributed by atoms with van der Waals surface area (Å²) in [5.41, 5.74) is 10.8. The number of piperidine rings is 1. The van der Waals surface area contributed by atoms with Crippen molar-refractivity contribution < 1.29 is 9.53 Å². The average molecular weight is 407 g/mol. The van der Waals surface area contributed by atoms with Gasteiger partial charge >= 0.3 is 0 Å². The Hall–Kier alpha value is -2.33. The molecule has 0 bridgehead atoms. The second-order valence-electron chi connectivity index (χ2n) is 8.79. The van der Waals surface area contributed by atoms with Gasteiger partial charge in [-0.05, 0) is 92.8 Å². The van der Waals surface area contributed by atoms with Crippen LogP contribution in [0.2, 0.25) is 0 Å². The number of carbonyl (C=O) groups excluding carboxylic acids is 1. The van der Waals surface area contributed by atoms with E-state index in [-0.39, 0.29) is 5.91 Å². The molecule has 1 aliphatic heterocycles. The Labute approximate surface area is 180 Å². The van der Waals surface area contributed by atoms with Crippen molar-refractivity contribution in [2.24, 2.45) is 5.73 Å². The van der Waals surface area contributed by atoms with Crippen molar-refractivity contribution in [3.63, 3.8) is 0 Å². The summed E-state index contributed by atoms with van der Waals surface area (Å²) in [7, 11) is 0. The second-order valence-corrected chi connectivity index (χ2v) is 8.79. The lowest BCUT2D eigenvalue weighted by Crippen LogP contribution is -2.34. The molecule has 2 aromatic carbocycles. The third kappa shape index (κ3) is 5.23. The fourth-order valence-corrected chi connectivity index (χ4v) is 4.98. The lowest BCUT2D eigenvalue weighted by molar-refractivity contribution is -0.118. The predicted molar refractivity (Wildman–Crippen MR) is 121 cm³/mol. The number of carbonyl (C=O) groups is 1. The standard InChI is InChI=1S/C26H34N2O2/c27-25(29)11-6-16-28-17-14-22(15-18-28)24-13-12-21-9-4-5-10-23(21)26(24)30-19-20-7-2-1-3-8-20/h1-3,7-8,12-13,22H,4-6,9-11,14-19H2,(H2,27,29). The van der Waals surface area contributed by atoms with Gasteiger partial charge in [-0.3, -0.25) is 4.79 Å². The molecule has 0 radical (unpaired) electrons. The molecule has 30 heavy (non-hydrogen) atoms. The lowest BCUT2D eigenvalue weighted by atomic mass is 9.83. The van der Waals surface area contributed by atoms with Crippen molar-refractivity contribution in [2.45, 2.75) is 63.9 Å². The third-order valence-electron chi connectivity index (χ3n) is 6.66. The van der Waals surface area contributed by atoms with Crippen molar-refractivity contribution in [2.75, 3.05) is 19.6 Å². The Bertz CT molecular complexity index is 842. The van der Waals surface area contributed by atoms with Gasteiger partial charge in [0.25, 0.3) is 0 Å². The van der Waals surface area contributed by atoms with E-state index in [1.807, 2.05) is 0 Å². The van der Waals surface area contributed by atoms with Gasteiger partial charge < -0.3 is 15.4 Å². The van der Waals surface area contributed by atoms with Crippen molar-refractivity contribution >= 4 is 5.91 Å². The summed E-state index contributed by atoms with van der Waals surface area (Å²) >= 11 is 0. The molecule has 1 aliphatic carbocycles. The van der Waals surface area contributed by atoms with Crippen molar-refractivity contribution in [1.82, 2.24) is 4.90 Å². The molecule has 160 valence electrons. The molecule has 4 heteroatoms. The molecular formula is C26H34N2O2. The van der Waals surface area contributed by atoms with Crippen molar-refractivity contribution in [1.29, 1.82) is 0 Å². The molecule has 0 unspecified atom stereocenters. The number of benzene rings is 2. The zero-order valence-electron chi connectivity index (χ0n) is 17.9. The Morgan fingerprint density at radius 3 is 2.57 bits per heavy atom. The minimum atomic E-state index is -0.195. The monoisotopic (exact) mass is 406 g/mol. The molecule has 0 atom stereocenters. The first-order valence-corrected chi connectivity index (χ1v) is 11.5. The van der Waals surface area contributed by atoms with Crippen LogP contribution in [0.5, 0.6) is 5.75 Å². The van der Waals surface area contributed by atoms with E-state index in [0.29, 0.717) is 18.9 Å². The summed E-state index contributed by atoms with van der Waals surface area (Å²) in [6, 6.07) is 15.2. The van der Waals surface area contributed by atoms with Crippen LogP contribution in [0.3, 0.4) is 0 Å². The largest absolute Gasteiger partial charge is 0.488 e. The summed E-state index contributed by atoms with van der Waals surface area (Å²) in [6.45, 7) is 3.77. The first-order chi connectivity index (χ1) is 14.7. The molecule has 0 spiro atoms. The highest BCUT2D eigenvalue weighted by molar-refractivity contribution is 5.73. The van der Waals surface area contributed by atoms with Gasteiger partial charge in [0.05, 0.1) is 0 Å². The van der Waals surface area contributed by atoms with Gasteiger partial charge in [-0.2, -0.15) is 0 Å². The van der Waals surface area contributed by atoms with Crippen LogP contribution in [0, 0.1) is 0 Å². The van der Waals surface area contributed by atoms with Gasteiger partial charge in [-0.25, -0.2) is 0 Å². The van der Waals surface area contributed by atoms with Crippen LogP contribution in [-0.2, 0) is 24.2 Å². The van der Waals surface area contributed by atoms with Gasteiger partial charge in [-0.15, -0.1) is 0 Å². The van der Waals surface area contributed by atoms with Crippen LogP contribution in [0.1, 0.15) is 66.7 Å². The first kappa shape index (κ1) is 20.9. The van der Waals surface area contributed by atoms with E-state index < -0.39 is 0 Å². The molecule has 0 aromatic heterocycles. The maximum Gasteiger partial charge on any atom is 0.217 e. The summed E-state index contributed by atoms with van der Waals surface area (Å²) in [6.07, 6.45) is 8.51. The fourth-order valence-electron chi connectivity index (χ4n) is 4.98. The minimum absolute atomic E-state index is 0.195. The molecule has 1 fully saturated rings. The zero-order valence-corrected chi connectivity index (χ0v) is 17.9. The number of hydrogen-bond acceptors (Lipinski definition) is 3. The highest BCUT2D eigenvalue weighted by Gasteiger charge is 2.26. The Balaban J connectivity index is 1.46. The van der Waals surface area contributed by atoms with Crippen LogP contribution < -0.4 is 10.5 Å². The maximum absolute atomic E-state index is 11.0. The molecule has 2 aromatic rings. The number of nitrogens with two attached hydrogens (primary N) is 1. The summed E-state index contributed by atoms with van der Waals surface area (Å²) in [5, 5.41) is 0. The number of ether oxygens (including phenoxy) is 1. The van der Waals surface area contributed by atoms with E-state index in [0.717, 1.165) is 45.3 Å². The van der Waals surface area contributed by atoms with Gasteiger partial charge in [0.1, 0.15) is 12.4 Å². The topological polar surface area (TPSA) is 55.6 Å². The quantitative estimate of drug-likeness (QED) is 0.698. The zero-order chi connectivity index (χ0) is 20.8. The van der Waals surface area contributed by atoms with Gasteiger partial charge in [0.15, 0.2) is 0 Å². The first-order valence-electron chi connectivity index (χ1n) is 11.5. The van der Waals surface area contributed by atoms with Crippen LogP contribution in [0.25, 0.3) is 0 Å². The Kier molecular flexibility index (Phi) is 7.06. The summed E-state index contributed by atoms with van der Waals surface area (Å²) in [4.78, 5) is 13.5. The Morgan fingerprint density at radius 1 is 1.03 bits per heavy atom. The highest BCUT2D eigenvalue weighted by Crippen LogP contribution is 2.40. The lowest BCUT2D eigenvalue weighted by Gasteiger charge is -2.34. The van der Waals surface area contributed by atoms with E-state index in [1.54, 1.807) is 0 Å². The number of amides is 1. The molecule has 4 nitrogen and oxygen atoms in total. The molecule has 2 N–H and O–H groups in total. The van der Waals surface area contributed by atoms with E-state index in [1.165, 1.54) is 47.3 Å². The van der Waals surface area contributed by atoms with Gasteiger partial charge in [0, 0.05) is 6.42 Å². The molecule has 4 rings (SSSR count). The van der Waals surface area contributed by atoms with E-state index in [9.17, 15) is 4.79 Å². The van der Waals surface area contributed by atoms with E-state index in [2.05, 4.69) is 47.4 Å². The van der Waals surface area contributed by atoms with Crippen LogP contribution >= 0.6 is 0 Å². The number of likely N-dealkylation sites (tertiary alicyclic amines) is 1.